The first-order chi connectivity index (χ1) is 9.86. The maximum absolute atomic E-state index is 5.83. The van der Waals surface area contributed by atoms with E-state index in [0.29, 0.717) is 6.61 Å². The van der Waals surface area contributed by atoms with Crippen molar-refractivity contribution in [1.29, 1.82) is 0 Å². The molecule has 1 fully saturated rings. The lowest BCUT2D eigenvalue weighted by molar-refractivity contribution is -0.0184. The molecule has 2 heterocycles. The van der Waals surface area contributed by atoms with Crippen molar-refractivity contribution < 1.29 is 4.74 Å². The Labute approximate surface area is 119 Å². The Kier molecular flexibility index (Phi) is 4.28. The zero-order valence-corrected chi connectivity index (χ0v) is 12.0. The van der Waals surface area contributed by atoms with Crippen LogP contribution in [0.25, 0.3) is 11.0 Å². The Morgan fingerprint density at radius 3 is 2.40 bits per heavy atom. The van der Waals surface area contributed by atoms with E-state index in [4.69, 9.17) is 4.74 Å². The fourth-order valence-electron chi connectivity index (χ4n) is 2.76. The molecule has 1 aliphatic rings. The van der Waals surface area contributed by atoms with Gasteiger partial charge in [-0.25, -0.2) is 0 Å². The van der Waals surface area contributed by atoms with Gasteiger partial charge < -0.3 is 9.64 Å². The van der Waals surface area contributed by atoms with Crippen molar-refractivity contribution in [2.24, 2.45) is 0 Å². The summed E-state index contributed by atoms with van der Waals surface area (Å²) in [5, 5.41) is 9.08. The average Bonchev–Trinajstić information content (AvgIpc) is 3.12. The number of likely N-dealkylation sites (tertiary alicyclic amines) is 1. The standard InChI is InChI=1S/C15H22N4O/c1-2-20-15(9-12-18-10-5-6-11-18)19-16-13-7-3-4-8-14(13)17-19/h3-4,7-8,15H,2,5-6,9-12H2,1H3. The molecule has 5 heteroatoms. The van der Waals surface area contributed by atoms with Crippen LogP contribution in [0.15, 0.2) is 24.3 Å². The molecule has 1 aromatic carbocycles. The van der Waals surface area contributed by atoms with E-state index in [9.17, 15) is 0 Å². The molecule has 1 aliphatic heterocycles. The molecule has 1 atom stereocenters. The molecule has 0 N–H and O–H groups in total. The second kappa shape index (κ2) is 6.33. The Bertz CT molecular complexity index is 515. The highest BCUT2D eigenvalue weighted by molar-refractivity contribution is 5.72. The van der Waals surface area contributed by atoms with Gasteiger partial charge >= 0.3 is 0 Å². The van der Waals surface area contributed by atoms with Crippen LogP contribution in [0.2, 0.25) is 0 Å². The molecule has 0 amide bonds. The first-order valence-electron chi connectivity index (χ1n) is 7.52. The Balaban J connectivity index is 1.71. The van der Waals surface area contributed by atoms with Crippen molar-refractivity contribution in [3.05, 3.63) is 24.3 Å². The predicted molar refractivity (Wildman–Crippen MR) is 78.5 cm³/mol. The van der Waals surface area contributed by atoms with E-state index < -0.39 is 0 Å². The van der Waals surface area contributed by atoms with E-state index >= 15 is 0 Å². The third kappa shape index (κ3) is 2.99. The van der Waals surface area contributed by atoms with Crippen LogP contribution in [-0.4, -0.2) is 46.1 Å². The van der Waals surface area contributed by atoms with Crippen LogP contribution in [-0.2, 0) is 4.74 Å². The largest absolute Gasteiger partial charge is 0.355 e. The smallest absolute Gasteiger partial charge is 0.170 e. The highest BCUT2D eigenvalue weighted by Crippen LogP contribution is 2.17. The molecular formula is C15H22N4O. The summed E-state index contributed by atoms with van der Waals surface area (Å²) in [5.41, 5.74) is 1.86. The Morgan fingerprint density at radius 2 is 1.80 bits per heavy atom. The summed E-state index contributed by atoms with van der Waals surface area (Å²) in [4.78, 5) is 4.24. The van der Waals surface area contributed by atoms with Crippen LogP contribution in [0.4, 0.5) is 0 Å². The molecular weight excluding hydrogens is 252 g/mol. The van der Waals surface area contributed by atoms with Crippen LogP contribution in [0.5, 0.6) is 0 Å². The molecule has 1 unspecified atom stereocenters. The van der Waals surface area contributed by atoms with E-state index in [1.165, 1.54) is 25.9 Å². The fourth-order valence-corrected chi connectivity index (χ4v) is 2.76. The number of ether oxygens (including phenoxy) is 1. The minimum absolute atomic E-state index is 0.0620. The first kappa shape index (κ1) is 13.5. The van der Waals surface area contributed by atoms with Crippen LogP contribution in [0.1, 0.15) is 32.4 Å². The molecule has 108 valence electrons. The van der Waals surface area contributed by atoms with E-state index in [1.54, 1.807) is 4.80 Å². The predicted octanol–water partition coefficient (Wildman–Crippen LogP) is 2.45. The van der Waals surface area contributed by atoms with Crippen LogP contribution in [0, 0.1) is 0 Å². The van der Waals surface area contributed by atoms with Crippen molar-refractivity contribution in [2.75, 3.05) is 26.2 Å². The molecule has 0 saturated carbocycles. The normalized spacial score (nSPS) is 17.9. The first-order valence-corrected chi connectivity index (χ1v) is 7.52. The molecule has 2 aromatic rings. The van der Waals surface area contributed by atoms with Gasteiger partial charge in [-0.2, -0.15) is 15.0 Å². The third-order valence-electron chi connectivity index (χ3n) is 3.81. The molecule has 0 bridgehead atoms. The summed E-state index contributed by atoms with van der Waals surface area (Å²) in [5.74, 6) is 0. The lowest BCUT2D eigenvalue weighted by Crippen LogP contribution is -2.25. The van der Waals surface area contributed by atoms with Gasteiger partial charge in [0.25, 0.3) is 0 Å². The summed E-state index contributed by atoms with van der Waals surface area (Å²) in [6.45, 7) is 6.19. The molecule has 0 aliphatic carbocycles. The van der Waals surface area contributed by atoms with E-state index in [0.717, 1.165) is 24.0 Å². The summed E-state index contributed by atoms with van der Waals surface area (Å²) in [6, 6.07) is 7.95. The lowest BCUT2D eigenvalue weighted by Gasteiger charge is -2.20. The molecule has 1 saturated heterocycles. The van der Waals surface area contributed by atoms with Gasteiger partial charge in [-0.3, -0.25) is 0 Å². The number of hydrogen-bond acceptors (Lipinski definition) is 4. The van der Waals surface area contributed by atoms with E-state index in [-0.39, 0.29) is 6.23 Å². The summed E-state index contributed by atoms with van der Waals surface area (Å²) in [7, 11) is 0. The van der Waals surface area contributed by atoms with Crippen molar-refractivity contribution in [3.63, 3.8) is 0 Å². The molecule has 1 aromatic heterocycles. The molecule has 20 heavy (non-hydrogen) atoms. The van der Waals surface area contributed by atoms with Gasteiger partial charge in [0, 0.05) is 19.6 Å². The van der Waals surface area contributed by atoms with Crippen LogP contribution in [0.3, 0.4) is 0 Å². The summed E-state index contributed by atoms with van der Waals surface area (Å²) < 4.78 is 5.83. The quantitative estimate of drug-likeness (QED) is 0.811. The minimum Gasteiger partial charge on any atom is -0.355 e. The fraction of sp³-hybridized carbons (Fsp3) is 0.600. The number of fused-ring (bicyclic) bond motifs is 1. The molecule has 0 spiro atoms. The third-order valence-corrected chi connectivity index (χ3v) is 3.81. The van der Waals surface area contributed by atoms with Gasteiger partial charge in [0.2, 0.25) is 0 Å². The van der Waals surface area contributed by atoms with Gasteiger partial charge in [-0.15, -0.1) is 0 Å². The van der Waals surface area contributed by atoms with Crippen molar-refractivity contribution >= 4 is 11.0 Å². The summed E-state index contributed by atoms with van der Waals surface area (Å²) in [6.07, 6.45) is 3.52. The molecule has 5 nitrogen and oxygen atoms in total. The molecule has 0 radical (unpaired) electrons. The second-order valence-corrected chi connectivity index (χ2v) is 5.26. The number of aromatic nitrogens is 3. The number of hydrogen-bond donors (Lipinski definition) is 0. The Morgan fingerprint density at radius 1 is 1.15 bits per heavy atom. The van der Waals surface area contributed by atoms with Crippen molar-refractivity contribution in [2.45, 2.75) is 32.4 Å². The molecule has 3 rings (SSSR count). The van der Waals surface area contributed by atoms with E-state index in [1.807, 2.05) is 31.2 Å². The zero-order valence-electron chi connectivity index (χ0n) is 12.0. The maximum Gasteiger partial charge on any atom is 0.170 e. The van der Waals surface area contributed by atoms with E-state index in [2.05, 4.69) is 15.1 Å². The van der Waals surface area contributed by atoms with Gasteiger partial charge in [0.15, 0.2) is 6.23 Å². The van der Waals surface area contributed by atoms with Crippen LogP contribution >= 0.6 is 0 Å². The Hall–Kier alpha value is -1.46. The summed E-state index contributed by atoms with van der Waals surface area (Å²) >= 11 is 0. The van der Waals surface area contributed by atoms with Crippen LogP contribution < -0.4 is 0 Å². The van der Waals surface area contributed by atoms with Crippen molar-refractivity contribution in [3.8, 4) is 0 Å². The highest BCUT2D eigenvalue weighted by atomic mass is 16.5. The highest BCUT2D eigenvalue weighted by Gasteiger charge is 2.18. The zero-order chi connectivity index (χ0) is 13.8. The van der Waals surface area contributed by atoms with Gasteiger partial charge in [-0.05, 0) is 45.0 Å². The van der Waals surface area contributed by atoms with Gasteiger partial charge in [0.05, 0.1) is 0 Å². The van der Waals surface area contributed by atoms with Gasteiger partial charge in [-0.1, -0.05) is 12.1 Å². The average molecular weight is 274 g/mol. The van der Waals surface area contributed by atoms with Crippen molar-refractivity contribution in [1.82, 2.24) is 19.9 Å². The SMILES string of the molecule is CCOC(CCN1CCCC1)n1nc2ccccc2n1. The number of benzene rings is 1. The minimum atomic E-state index is -0.0620. The number of nitrogens with zero attached hydrogens (tertiary/aromatic N) is 4. The van der Waals surface area contributed by atoms with Gasteiger partial charge in [0.1, 0.15) is 11.0 Å². The maximum atomic E-state index is 5.83. The lowest BCUT2D eigenvalue weighted by atomic mass is 10.3. The topological polar surface area (TPSA) is 43.2 Å². The second-order valence-electron chi connectivity index (χ2n) is 5.26. The number of rotatable bonds is 6. The monoisotopic (exact) mass is 274 g/mol.